The van der Waals surface area contributed by atoms with Crippen LogP contribution < -0.4 is 0 Å². The summed E-state index contributed by atoms with van der Waals surface area (Å²) in [6.45, 7) is 10.6. The highest BCUT2D eigenvalue weighted by atomic mass is 35.5. The van der Waals surface area contributed by atoms with Crippen LogP contribution in [0.2, 0.25) is 5.02 Å². The van der Waals surface area contributed by atoms with Crippen molar-refractivity contribution in [2.45, 2.75) is 46.5 Å². The van der Waals surface area contributed by atoms with Crippen LogP contribution in [-0.2, 0) is 0 Å². The van der Waals surface area contributed by atoms with Gasteiger partial charge in [-0.3, -0.25) is 0 Å². The lowest BCUT2D eigenvalue weighted by Gasteiger charge is -2.19. The van der Waals surface area contributed by atoms with Crippen molar-refractivity contribution in [3.05, 3.63) is 59.6 Å². The monoisotopic (exact) mass is 437 g/mol. The number of thiophene rings is 1. The van der Waals surface area contributed by atoms with E-state index in [2.05, 4.69) is 62.1 Å². The van der Waals surface area contributed by atoms with E-state index in [0.29, 0.717) is 0 Å². The van der Waals surface area contributed by atoms with Crippen molar-refractivity contribution in [1.82, 2.24) is 4.90 Å². The molecule has 0 aliphatic heterocycles. The van der Waals surface area contributed by atoms with Crippen molar-refractivity contribution in [2.24, 2.45) is 0 Å². The van der Waals surface area contributed by atoms with E-state index in [-0.39, 0.29) is 12.4 Å². The molecule has 28 heavy (non-hydrogen) atoms. The highest BCUT2D eigenvalue weighted by molar-refractivity contribution is 7.22. The van der Waals surface area contributed by atoms with Crippen molar-refractivity contribution in [1.29, 1.82) is 0 Å². The molecule has 4 heteroatoms. The van der Waals surface area contributed by atoms with Crippen LogP contribution in [0.1, 0.15) is 46.5 Å². The molecule has 0 fully saturated rings. The summed E-state index contributed by atoms with van der Waals surface area (Å²) in [5, 5.41) is 2.02. The Balaban J connectivity index is 0.000000292. The van der Waals surface area contributed by atoms with Crippen LogP contribution in [0.25, 0.3) is 20.5 Å². The normalized spacial score (nSPS) is 10.5. The summed E-state index contributed by atoms with van der Waals surface area (Å²) in [6, 6.07) is 18.6. The molecular weight excluding hydrogens is 405 g/mol. The average Bonchev–Trinajstić information content (AvgIpc) is 3.12. The SMILES string of the molecule is CCCCN(CC)CCCC.Cl.Clc1ccc2sc(-c3ccccc3)cc2c1. The van der Waals surface area contributed by atoms with E-state index in [9.17, 15) is 0 Å². The number of unbranched alkanes of at least 4 members (excludes halogenated alkanes) is 2. The van der Waals surface area contributed by atoms with Crippen molar-refractivity contribution in [3.8, 4) is 10.4 Å². The summed E-state index contributed by atoms with van der Waals surface area (Å²) < 4.78 is 1.28. The molecule has 0 aliphatic rings. The molecule has 0 radical (unpaired) electrons. The van der Waals surface area contributed by atoms with Crippen molar-refractivity contribution < 1.29 is 0 Å². The maximum atomic E-state index is 5.98. The smallest absolute Gasteiger partial charge is 0.0412 e. The Morgan fingerprint density at radius 2 is 1.50 bits per heavy atom. The Bertz CT molecular complexity index is 778. The molecule has 0 amide bonds. The van der Waals surface area contributed by atoms with Gasteiger partial charge in [-0.2, -0.15) is 0 Å². The molecule has 0 saturated carbocycles. The maximum Gasteiger partial charge on any atom is 0.0412 e. The molecule has 0 atom stereocenters. The second kappa shape index (κ2) is 14.0. The molecular formula is C24H33Cl2NS. The van der Waals surface area contributed by atoms with Gasteiger partial charge >= 0.3 is 0 Å². The number of fused-ring (bicyclic) bond motifs is 1. The molecule has 1 aromatic heterocycles. The molecule has 0 unspecified atom stereocenters. The molecule has 0 aliphatic carbocycles. The number of halogens is 2. The van der Waals surface area contributed by atoms with Gasteiger partial charge in [-0.05, 0) is 67.7 Å². The molecule has 0 bridgehead atoms. The summed E-state index contributed by atoms with van der Waals surface area (Å²) in [5.74, 6) is 0. The van der Waals surface area contributed by atoms with E-state index >= 15 is 0 Å². The van der Waals surface area contributed by atoms with Crippen LogP contribution in [0.3, 0.4) is 0 Å². The van der Waals surface area contributed by atoms with Crippen molar-refractivity contribution >= 4 is 45.4 Å². The number of hydrogen-bond acceptors (Lipinski definition) is 2. The van der Waals surface area contributed by atoms with E-state index in [1.165, 1.54) is 65.8 Å². The zero-order valence-corrected chi connectivity index (χ0v) is 19.7. The highest BCUT2D eigenvalue weighted by Gasteiger charge is 2.04. The fourth-order valence-electron chi connectivity index (χ4n) is 2.95. The van der Waals surface area contributed by atoms with Crippen LogP contribution in [0.15, 0.2) is 54.6 Å². The van der Waals surface area contributed by atoms with Gasteiger partial charge in [0.1, 0.15) is 0 Å². The Morgan fingerprint density at radius 3 is 2.07 bits per heavy atom. The van der Waals surface area contributed by atoms with Crippen LogP contribution in [0.5, 0.6) is 0 Å². The second-order valence-corrected chi connectivity index (χ2v) is 8.32. The minimum Gasteiger partial charge on any atom is -0.304 e. The minimum absolute atomic E-state index is 0. The standard InChI is InChI=1S/C14H9ClS.C10H23N.ClH/c15-12-6-7-13-11(8-12)9-14(16-13)10-4-2-1-3-5-10;1-4-7-9-11(6-3)10-8-5-2;/h1-9H;4-10H2,1-3H3;1H. The first-order valence-corrected chi connectivity index (χ1v) is 11.3. The first-order valence-electron chi connectivity index (χ1n) is 10.1. The number of benzene rings is 2. The van der Waals surface area contributed by atoms with Gasteiger partial charge in [0, 0.05) is 14.6 Å². The predicted molar refractivity (Wildman–Crippen MR) is 131 cm³/mol. The predicted octanol–water partition coefficient (Wildman–Crippen LogP) is 8.55. The van der Waals surface area contributed by atoms with Crippen LogP contribution >= 0.6 is 35.3 Å². The van der Waals surface area contributed by atoms with Gasteiger partial charge in [0.15, 0.2) is 0 Å². The van der Waals surface area contributed by atoms with E-state index in [0.717, 1.165) is 5.02 Å². The van der Waals surface area contributed by atoms with Gasteiger partial charge < -0.3 is 4.90 Å². The zero-order chi connectivity index (χ0) is 19.5. The van der Waals surface area contributed by atoms with Crippen molar-refractivity contribution in [2.75, 3.05) is 19.6 Å². The Labute approximate surface area is 186 Å². The van der Waals surface area contributed by atoms with Gasteiger partial charge in [0.25, 0.3) is 0 Å². The van der Waals surface area contributed by atoms with Gasteiger partial charge in [0.05, 0.1) is 0 Å². The third-order valence-corrected chi connectivity index (χ3v) is 6.04. The molecule has 0 spiro atoms. The van der Waals surface area contributed by atoms with Gasteiger partial charge in [0.2, 0.25) is 0 Å². The summed E-state index contributed by atoms with van der Waals surface area (Å²) >= 11 is 7.78. The topological polar surface area (TPSA) is 3.24 Å². The van der Waals surface area contributed by atoms with E-state index in [4.69, 9.17) is 11.6 Å². The fourth-order valence-corrected chi connectivity index (χ4v) is 4.18. The fraction of sp³-hybridized carbons (Fsp3) is 0.417. The zero-order valence-electron chi connectivity index (χ0n) is 17.3. The number of hydrogen-bond donors (Lipinski definition) is 0. The number of nitrogens with zero attached hydrogens (tertiary/aromatic N) is 1. The van der Waals surface area contributed by atoms with Crippen molar-refractivity contribution in [3.63, 3.8) is 0 Å². The molecule has 2 aromatic carbocycles. The van der Waals surface area contributed by atoms with Gasteiger partial charge in [-0.15, -0.1) is 23.7 Å². The molecule has 0 saturated heterocycles. The molecule has 1 heterocycles. The second-order valence-electron chi connectivity index (χ2n) is 6.80. The Kier molecular flexibility index (Phi) is 12.5. The average molecular weight is 439 g/mol. The number of rotatable bonds is 8. The lowest BCUT2D eigenvalue weighted by Crippen LogP contribution is -2.25. The molecule has 154 valence electrons. The summed E-state index contributed by atoms with van der Waals surface area (Å²) in [5.41, 5.74) is 1.26. The maximum absolute atomic E-state index is 5.98. The lowest BCUT2D eigenvalue weighted by molar-refractivity contribution is 0.279. The summed E-state index contributed by atoms with van der Waals surface area (Å²) in [6.07, 6.45) is 5.36. The highest BCUT2D eigenvalue weighted by Crippen LogP contribution is 2.34. The first-order chi connectivity index (χ1) is 13.2. The van der Waals surface area contributed by atoms with E-state index in [1.807, 2.05) is 18.2 Å². The Hall–Kier alpha value is -1.06. The summed E-state index contributed by atoms with van der Waals surface area (Å²) in [4.78, 5) is 3.84. The third-order valence-electron chi connectivity index (χ3n) is 4.64. The third kappa shape index (κ3) is 8.13. The van der Waals surface area contributed by atoms with Gasteiger partial charge in [-0.25, -0.2) is 0 Å². The molecule has 3 rings (SSSR count). The quantitative estimate of drug-likeness (QED) is 0.340. The first kappa shape index (κ1) is 25.0. The molecule has 3 aromatic rings. The molecule has 1 nitrogen and oxygen atoms in total. The van der Waals surface area contributed by atoms with Gasteiger partial charge in [-0.1, -0.05) is 75.5 Å². The Morgan fingerprint density at radius 1 is 0.857 bits per heavy atom. The van der Waals surface area contributed by atoms with E-state index in [1.54, 1.807) is 11.3 Å². The lowest BCUT2D eigenvalue weighted by atomic mass is 10.1. The van der Waals surface area contributed by atoms with Crippen LogP contribution in [-0.4, -0.2) is 24.5 Å². The minimum atomic E-state index is 0. The van der Waals surface area contributed by atoms with E-state index < -0.39 is 0 Å². The summed E-state index contributed by atoms with van der Waals surface area (Å²) in [7, 11) is 0. The largest absolute Gasteiger partial charge is 0.304 e. The van der Waals surface area contributed by atoms with Crippen LogP contribution in [0.4, 0.5) is 0 Å². The van der Waals surface area contributed by atoms with Crippen LogP contribution in [0, 0.1) is 0 Å². The molecule has 0 N–H and O–H groups in total.